The summed E-state index contributed by atoms with van der Waals surface area (Å²) in [6.07, 6.45) is 2.63. The third-order valence-corrected chi connectivity index (χ3v) is 5.08. The number of halogens is 1. The molecular weight excluding hydrogens is 309 g/mol. The van der Waals surface area contributed by atoms with Gasteiger partial charge < -0.3 is 0 Å². The van der Waals surface area contributed by atoms with E-state index in [-0.39, 0.29) is 5.82 Å². The van der Waals surface area contributed by atoms with Crippen LogP contribution in [0.15, 0.2) is 54.6 Å². The van der Waals surface area contributed by atoms with E-state index in [2.05, 4.69) is 31.2 Å². The second-order valence-corrected chi connectivity index (χ2v) is 6.49. The zero-order valence-corrected chi connectivity index (χ0v) is 14.1. The van der Waals surface area contributed by atoms with Gasteiger partial charge in [0.15, 0.2) is 0 Å². The third kappa shape index (κ3) is 2.62. The van der Waals surface area contributed by atoms with E-state index in [0.29, 0.717) is 11.1 Å². The van der Waals surface area contributed by atoms with E-state index in [0.717, 1.165) is 41.5 Å². The number of nitriles is 1. The zero-order valence-electron chi connectivity index (χ0n) is 14.1. The van der Waals surface area contributed by atoms with Crippen LogP contribution in [0, 0.1) is 17.1 Å². The van der Waals surface area contributed by atoms with Crippen molar-refractivity contribution in [2.24, 2.45) is 0 Å². The Hall–Kier alpha value is -2.92. The molecule has 1 aliphatic carbocycles. The molecule has 3 aromatic carbocycles. The van der Waals surface area contributed by atoms with E-state index >= 15 is 4.39 Å². The monoisotopic (exact) mass is 327 g/mol. The van der Waals surface area contributed by atoms with Crippen molar-refractivity contribution in [2.45, 2.75) is 26.2 Å². The minimum Gasteiger partial charge on any atom is -0.206 e. The van der Waals surface area contributed by atoms with E-state index < -0.39 is 0 Å². The summed E-state index contributed by atoms with van der Waals surface area (Å²) in [5.74, 6) is -0.132. The summed E-state index contributed by atoms with van der Waals surface area (Å²) in [7, 11) is 0. The molecule has 0 saturated carbocycles. The van der Waals surface area contributed by atoms with E-state index in [9.17, 15) is 0 Å². The number of rotatable bonds is 2. The lowest BCUT2D eigenvalue weighted by Crippen LogP contribution is -2.07. The summed E-state index contributed by atoms with van der Waals surface area (Å²) in [5.41, 5.74) is 7.63. The fourth-order valence-electron chi connectivity index (χ4n) is 3.66. The lowest BCUT2D eigenvalue weighted by atomic mass is 9.83. The Morgan fingerprint density at radius 2 is 1.64 bits per heavy atom. The molecule has 0 saturated heterocycles. The molecule has 0 N–H and O–H groups in total. The predicted molar refractivity (Wildman–Crippen MR) is 98.8 cm³/mol. The maximum atomic E-state index is 15.2. The van der Waals surface area contributed by atoms with E-state index in [4.69, 9.17) is 5.26 Å². The van der Waals surface area contributed by atoms with E-state index in [1.807, 2.05) is 24.3 Å². The van der Waals surface area contributed by atoms with Crippen LogP contribution >= 0.6 is 0 Å². The van der Waals surface area contributed by atoms with Crippen LogP contribution < -0.4 is 0 Å². The topological polar surface area (TPSA) is 23.8 Å². The van der Waals surface area contributed by atoms with Gasteiger partial charge in [-0.3, -0.25) is 0 Å². The average molecular weight is 327 g/mol. The molecular formula is C23H18FN. The summed E-state index contributed by atoms with van der Waals surface area (Å²) in [4.78, 5) is 0. The summed E-state index contributed by atoms with van der Waals surface area (Å²) >= 11 is 0. The molecule has 1 aliphatic rings. The van der Waals surface area contributed by atoms with Gasteiger partial charge in [-0.15, -0.1) is 0 Å². The quantitative estimate of drug-likeness (QED) is 0.593. The van der Waals surface area contributed by atoms with Gasteiger partial charge in [-0.2, -0.15) is 5.26 Å². The summed E-state index contributed by atoms with van der Waals surface area (Å²) in [6.45, 7) is 2.15. The van der Waals surface area contributed by atoms with Crippen molar-refractivity contribution in [1.82, 2.24) is 0 Å². The van der Waals surface area contributed by atoms with Gasteiger partial charge in [-0.1, -0.05) is 49.4 Å². The summed E-state index contributed by atoms with van der Waals surface area (Å²) in [6, 6.07) is 19.6. The first-order chi connectivity index (χ1) is 12.2. The molecule has 0 unspecified atom stereocenters. The third-order valence-electron chi connectivity index (χ3n) is 5.08. The van der Waals surface area contributed by atoms with Crippen LogP contribution in [0.3, 0.4) is 0 Å². The van der Waals surface area contributed by atoms with Crippen LogP contribution in [0.5, 0.6) is 0 Å². The molecule has 2 heteroatoms. The van der Waals surface area contributed by atoms with Crippen LogP contribution in [-0.4, -0.2) is 0 Å². The minimum absolute atomic E-state index is 0.132. The lowest BCUT2D eigenvalue weighted by Gasteiger charge is -2.22. The normalized spacial score (nSPS) is 12.2. The largest absolute Gasteiger partial charge is 0.206 e. The Labute approximate surface area is 147 Å². The Morgan fingerprint density at radius 1 is 0.920 bits per heavy atom. The smallest absolute Gasteiger partial charge is 0.134 e. The highest BCUT2D eigenvalue weighted by atomic mass is 19.1. The van der Waals surface area contributed by atoms with Crippen molar-refractivity contribution in [3.8, 4) is 28.3 Å². The Bertz CT molecular complexity index is 994. The highest BCUT2D eigenvalue weighted by Gasteiger charge is 2.21. The Balaban J connectivity index is 1.81. The van der Waals surface area contributed by atoms with Crippen LogP contribution in [0.25, 0.3) is 22.3 Å². The van der Waals surface area contributed by atoms with E-state index in [1.165, 1.54) is 11.1 Å². The number of hydrogen-bond donors (Lipinski definition) is 0. The molecule has 25 heavy (non-hydrogen) atoms. The molecule has 1 nitrogen and oxygen atoms in total. The summed E-state index contributed by atoms with van der Waals surface area (Å²) < 4.78 is 15.2. The van der Waals surface area contributed by atoms with Crippen molar-refractivity contribution < 1.29 is 4.39 Å². The standard InChI is InChI=1S/C23H18FN/c1-2-15-5-9-19-18(13-15)8-10-22-21(19)12-11-20(23(22)24)17-6-3-16(14-25)4-7-17/h3-7,9,11-13H,2,8,10H2,1H3. The van der Waals surface area contributed by atoms with E-state index in [1.54, 1.807) is 12.1 Å². The fourth-order valence-corrected chi connectivity index (χ4v) is 3.66. The van der Waals surface area contributed by atoms with Gasteiger partial charge in [0.05, 0.1) is 11.6 Å². The molecule has 0 heterocycles. The zero-order chi connectivity index (χ0) is 17.4. The fraction of sp³-hybridized carbons (Fsp3) is 0.174. The van der Waals surface area contributed by atoms with Crippen molar-refractivity contribution in [2.75, 3.05) is 0 Å². The first-order valence-corrected chi connectivity index (χ1v) is 8.65. The second kappa shape index (κ2) is 6.18. The second-order valence-electron chi connectivity index (χ2n) is 6.49. The number of benzene rings is 3. The van der Waals surface area contributed by atoms with Crippen molar-refractivity contribution in [3.05, 3.63) is 82.7 Å². The average Bonchev–Trinajstić information content (AvgIpc) is 2.67. The maximum Gasteiger partial charge on any atom is 0.134 e. The maximum absolute atomic E-state index is 15.2. The first-order valence-electron chi connectivity index (χ1n) is 8.65. The van der Waals surface area contributed by atoms with Gasteiger partial charge in [-0.25, -0.2) is 4.39 Å². The molecule has 0 bridgehead atoms. The highest BCUT2D eigenvalue weighted by Crippen LogP contribution is 2.38. The van der Waals surface area contributed by atoms with Gasteiger partial charge in [0.1, 0.15) is 5.82 Å². The first kappa shape index (κ1) is 15.6. The number of aryl methyl sites for hydroxylation is 2. The molecule has 0 aromatic heterocycles. The summed E-state index contributed by atoms with van der Waals surface area (Å²) in [5, 5.41) is 8.92. The van der Waals surface area contributed by atoms with Crippen molar-refractivity contribution >= 4 is 0 Å². The molecule has 0 aliphatic heterocycles. The van der Waals surface area contributed by atoms with Gasteiger partial charge in [-0.05, 0) is 64.8 Å². The highest BCUT2D eigenvalue weighted by molar-refractivity contribution is 5.78. The predicted octanol–water partition coefficient (Wildman–Crippen LogP) is 5.69. The van der Waals surface area contributed by atoms with Crippen LogP contribution in [0.4, 0.5) is 4.39 Å². The number of nitrogens with zero attached hydrogens (tertiary/aromatic N) is 1. The molecule has 0 atom stereocenters. The Kier molecular flexibility index (Phi) is 3.86. The SMILES string of the molecule is CCc1ccc2c(c1)CCc1c-2ccc(-c2ccc(C#N)cc2)c1F. The molecule has 0 fully saturated rings. The molecule has 0 radical (unpaired) electrons. The molecule has 0 amide bonds. The van der Waals surface area contributed by atoms with Gasteiger partial charge in [0, 0.05) is 5.56 Å². The van der Waals surface area contributed by atoms with Gasteiger partial charge in [0.25, 0.3) is 0 Å². The molecule has 0 spiro atoms. The van der Waals surface area contributed by atoms with Crippen LogP contribution in [0.1, 0.15) is 29.2 Å². The van der Waals surface area contributed by atoms with Crippen molar-refractivity contribution in [1.29, 1.82) is 5.26 Å². The van der Waals surface area contributed by atoms with Crippen LogP contribution in [0.2, 0.25) is 0 Å². The minimum atomic E-state index is -0.132. The lowest BCUT2D eigenvalue weighted by molar-refractivity contribution is 0.611. The number of fused-ring (bicyclic) bond motifs is 3. The Morgan fingerprint density at radius 3 is 2.36 bits per heavy atom. The molecule has 4 rings (SSSR count). The van der Waals surface area contributed by atoms with Crippen molar-refractivity contribution in [3.63, 3.8) is 0 Å². The van der Waals surface area contributed by atoms with Gasteiger partial charge in [0.2, 0.25) is 0 Å². The molecule has 3 aromatic rings. The van der Waals surface area contributed by atoms with Crippen LogP contribution in [-0.2, 0) is 19.3 Å². The van der Waals surface area contributed by atoms with Gasteiger partial charge >= 0.3 is 0 Å². The molecule has 122 valence electrons. The number of hydrogen-bond acceptors (Lipinski definition) is 1.